The van der Waals surface area contributed by atoms with Gasteiger partial charge in [0.25, 0.3) is 5.56 Å². The Hall–Kier alpha value is -3.35. The number of aryl methyl sites for hydroxylation is 1. The molecule has 7 nitrogen and oxygen atoms in total. The highest BCUT2D eigenvalue weighted by Crippen LogP contribution is 2.24. The molecule has 0 atom stereocenters. The number of esters is 1. The summed E-state index contributed by atoms with van der Waals surface area (Å²) in [4.78, 5) is 31.2. The Morgan fingerprint density at radius 1 is 1.11 bits per heavy atom. The van der Waals surface area contributed by atoms with Gasteiger partial charge >= 0.3 is 5.97 Å². The van der Waals surface area contributed by atoms with Crippen molar-refractivity contribution in [1.82, 2.24) is 9.97 Å². The smallest absolute Gasteiger partial charge is 0.306 e. The van der Waals surface area contributed by atoms with E-state index in [2.05, 4.69) is 9.97 Å². The quantitative estimate of drug-likeness (QED) is 0.645. The van der Waals surface area contributed by atoms with Crippen LogP contribution in [0, 0.1) is 0 Å². The van der Waals surface area contributed by atoms with Gasteiger partial charge in [-0.1, -0.05) is 12.1 Å². The Morgan fingerprint density at radius 3 is 2.70 bits per heavy atom. The number of H-pyrrole nitrogens is 1. The number of hydrogen-bond donors (Lipinski definition) is 1. The van der Waals surface area contributed by atoms with Crippen molar-refractivity contribution in [2.24, 2.45) is 0 Å². The van der Waals surface area contributed by atoms with E-state index in [4.69, 9.17) is 14.2 Å². The second-order valence-corrected chi connectivity index (χ2v) is 5.87. The fourth-order valence-corrected chi connectivity index (χ4v) is 2.70. The average Bonchev–Trinajstić information content (AvgIpc) is 2.70. The van der Waals surface area contributed by atoms with Crippen LogP contribution in [0.4, 0.5) is 0 Å². The summed E-state index contributed by atoms with van der Waals surface area (Å²) in [5.74, 6) is 1.33. The van der Waals surface area contributed by atoms with Crippen molar-refractivity contribution in [2.45, 2.75) is 19.4 Å². The van der Waals surface area contributed by atoms with Crippen molar-refractivity contribution in [1.29, 1.82) is 0 Å². The van der Waals surface area contributed by atoms with Crippen LogP contribution in [-0.2, 0) is 22.6 Å². The second kappa shape index (κ2) is 8.35. The van der Waals surface area contributed by atoms with Gasteiger partial charge in [0.05, 0.1) is 31.5 Å². The maximum absolute atomic E-state index is 12.1. The molecule has 27 heavy (non-hydrogen) atoms. The molecule has 0 amide bonds. The Labute approximate surface area is 155 Å². The molecule has 1 heterocycles. The van der Waals surface area contributed by atoms with Crippen molar-refractivity contribution in [2.75, 3.05) is 14.2 Å². The van der Waals surface area contributed by atoms with E-state index in [1.807, 2.05) is 6.07 Å². The van der Waals surface area contributed by atoms with Crippen molar-refractivity contribution < 1.29 is 19.0 Å². The molecule has 0 saturated carbocycles. The van der Waals surface area contributed by atoms with Crippen LogP contribution in [0.1, 0.15) is 17.8 Å². The first-order valence-corrected chi connectivity index (χ1v) is 8.45. The summed E-state index contributed by atoms with van der Waals surface area (Å²) in [6.45, 7) is 0.0703. The van der Waals surface area contributed by atoms with Gasteiger partial charge in [-0.25, -0.2) is 4.98 Å². The zero-order chi connectivity index (χ0) is 19.2. The molecule has 0 aliphatic rings. The summed E-state index contributed by atoms with van der Waals surface area (Å²) in [5.41, 5.74) is 1.10. The lowest BCUT2D eigenvalue weighted by atomic mass is 10.2. The van der Waals surface area contributed by atoms with Crippen LogP contribution in [0.5, 0.6) is 11.5 Å². The number of carbonyl (C=O) groups excluding carboxylic acids is 1. The van der Waals surface area contributed by atoms with Crippen LogP contribution in [0.15, 0.2) is 47.3 Å². The molecule has 0 aliphatic heterocycles. The van der Waals surface area contributed by atoms with E-state index in [0.717, 1.165) is 0 Å². The number of aromatic amines is 1. The summed E-state index contributed by atoms with van der Waals surface area (Å²) in [5, 5.41) is 0.522. The molecule has 7 heteroatoms. The van der Waals surface area contributed by atoms with Gasteiger partial charge in [0.2, 0.25) is 0 Å². The minimum atomic E-state index is -0.393. The SMILES string of the molecule is COc1ccc(OC)c(COC(=O)CCc2nc3ccccc3c(=O)[nH]2)c1. The molecule has 3 aromatic rings. The first-order valence-electron chi connectivity index (χ1n) is 8.45. The van der Waals surface area contributed by atoms with E-state index in [9.17, 15) is 9.59 Å². The van der Waals surface area contributed by atoms with Gasteiger partial charge in [0, 0.05) is 12.0 Å². The first-order chi connectivity index (χ1) is 13.1. The number of nitrogens with zero attached hydrogens (tertiary/aromatic N) is 1. The summed E-state index contributed by atoms with van der Waals surface area (Å²) in [6, 6.07) is 12.4. The summed E-state index contributed by atoms with van der Waals surface area (Å²) in [7, 11) is 3.11. The zero-order valence-corrected chi connectivity index (χ0v) is 15.2. The van der Waals surface area contributed by atoms with Crippen LogP contribution in [0.2, 0.25) is 0 Å². The Morgan fingerprint density at radius 2 is 1.93 bits per heavy atom. The largest absolute Gasteiger partial charge is 0.497 e. The number of fused-ring (bicyclic) bond motifs is 1. The van der Waals surface area contributed by atoms with E-state index in [1.54, 1.807) is 50.6 Å². The molecule has 0 fully saturated rings. The van der Waals surface area contributed by atoms with Gasteiger partial charge < -0.3 is 19.2 Å². The highest BCUT2D eigenvalue weighted by atomic mass is 16.5. The summed E-state index contributed by atoms with van der Waals surface area (Å²) >= 11 is 0. The molecular formula is C20H20N2O5. The molecule has 0 aliphatic carbocycles. The number of benzene rings is 2. The fourth-order valence-electron chi connectivity index (χ4n) is 2.70. The number of hydrogen-bond acceptors (Lipinski definition) is 6. The standard InChI is InChI=1S/C20H20N2O5/c1-25-14-7-8-17(26-2)13(11-14)12-27-19(23)10-9-18-21-16-6-4-3-5-15(16)20(24)22-18/h3-8,11H,9-10,12H2,1-2H3,(H,21,22,24). The molecule has 0 unspecified atom stereocenters. The van der Waals surface area contributed by atoms with Crippen LogP contribution in [0.3, 0.4) is 0 Å². The topological polar surface area (TPSA) is 90.5 Å². The molecule has 0 radical (unpaired) electrons. The lowest BCUT2D eigenvalue weighted by Crippen LogP contribution is -2.14. The monoisotopic (exact) mass is 368 g/mol. The predicted molar refractivity (Wildman–Crippen MR) is 100 cm³/mol. The normalized spacial score (nSPS) is 10.6. The third-order valence-electron chi connectivity index (χ3n) is 4.10. The number of aromatic nitrogens is 2. The van der Waals surface area contributed by atoms with Gasteiger partial charge in [0.15, 0.2) is 0 Å². The lowest BCUT2D eigenvalue weighted by Gasteiger charge is -2.11. The number of carbonyl (C=O) groups is 1. The molecule has 3 rings (SSSR count). The van der Waals surface area contributed by atoms with E-state index in [1.165, 1.54) is 0 Å². The number of para-hydroxylation sites is 1. The Kier molecular flexibility index (Phi) is 5.71. The molecule has 0 spiro atoms. The maximum Gasteiger partial charge on any atom is 0.306 e. The van der Waals surface area contributed by atoms with E-state index < -0.39 is 5.97 Å². The molecular weight excluding hydrogens is 348 g/mol. The molecule has 2 aromatic carbocycles. The number of nitrogens with one attached hydrogen (secondary N) is 1. The average molecular weight is 368 g/mol. The molecule has 140 valence electrons. The molecule has 1 aromatic heterocycles. The number of ether oxygens (including phenoxy) is 3. The minimum absolute atomic E-state index is 0.0703. The van der Waals surface area contributed by atoms with E-state index in [-0.39, 0.29) is 25.0 Å². The van der Waals surface area contributed by atoms with Crippen LogP contribution >= 0.6 is 0 Å². The van der Waals surface area contributed by atoms with Gasteiger partial charge in [-0.05, 0) is 30.3 Å². The third-order valence-corrected chi connectivity index (χ3v) is 4.10. The van der Waals surface area contributed by atoms with E-state index in [0.29, 0.717) is 33.8 Å². The molecule has 0 saturated heterocycles. The van der Waals surface area contributed by atoms with Gasteiger partial charge in [0.1, 0.15) is 23.9 Å². The number of rotatable bonds is 7. The Balaban J connectivity index is 1.61. The fraction of sp³-hybridized carbons (Fsp3) is 0.250. The van der Waals surface area contributed by atoms with E-state index >= 15 is 0 Å². The summed E-state index contributed by atoms with van der Waals surface area (Å²) in [6.07, 6.45) is 0.391. The van der Waals surface area contributed by atoms with Crippen molar-refractivity contribution in [3.05, 3.63) is 64.2 Å². The highest BCUT2D eigenvalue weighted by molar-refractivity contribution is 5.77. The van der Waals surface area contributed by atoms with Crippen molar-refractivity contribution in [3.63, 3.8) is 0 Å². The van der Waals surface area contributed by atoms with Gasteiger partial charge in [-0.15, -0.1) is 0 Å². The van der Waals surface area contributed by atoms with Crippen molar-refractivity contribution >= 4 is 16.9 Å². The van der Waals surface area contributed by atoms with Crippen LogP contribution in [-0.4, -0.2) is 30.2 Å². The lowest BCUT2D eigenvalue weighted by molar-refractivity contribution is -0.144. The number of methoxy groups -OCH3 is 2. The molecule has 0 bridgehead atoms. The third kappa shape index (κ3) is 4.44. The summed E-state index contributed by atoms with van der Waals surface area (Å²) < 4.78 is 15.8. The minimum Gasteiger partial charge on any atom is -0.497 e. The maximum atomic E-state index is 12.1. The molecule has 1 N–H and O–H groups in total. The predicted octanol–water partition coefficient (Wildman–Crippen LogP) is 2.62. The van der Waals surface area contributed by atoms with Gasteiger partial charge in [-0.2, -0.15) is 0 Å². The second-order valence-electron chi connectivity index (χ2n) is 5.87. The van der Waals surface area contributed by atoms with Crippen LogP contribution < -0.4 is 15.0 Å². The highest BCUT2D eigenvalue weighted by Gasteiger charge is 2.11. The zero-order valence-electron chi connectivity index (χ0n) is 15.2. The van der Waals surface area contributed by atoms with Crippen molar-refractivity contribution in [3.8, 4) is 11.5 Å². The van der Waals surface area contributed by atoms with Gasteiger partial charge in [-0.3, -0.25) is 9.59 Å². The Bertz CT molecular complexity index is 1010. The van der Waals surface area contributed by atoms with Crippen LogP contribution in [0.25, 0.3) is 10.9 Å². The first kappa shape index (κ1) is 18.4.